The molecule has 0 amide bonds. The van der Waals surface area contributed by atoms with E-state index in [1.54, 1.807) is 6.92 Å². The highest BCUT2D eigenvalue weighted by Crippen LogP contribution is 2.61. The molecule has 1 fully saturated rings. The Morgan fingerprint density at radius 1 is 1.29 bits per heavy atom. The smallest absolute Gasteiger partial charge is 0.279 e. The molecule has 0 radical (unpaired) electrons. The summed E-state index contributed by atoms with van der Waals surface area (Å²) in [6.45, 7) is -3.99. The van der Waals surface area contributed by atoms with Crippen molar-refractivity contribution in [2.75, 3.05) is 6.61 Å². The Hall–Kier alpha value is 0.750. The molecule has 0 saturated carbocycles. The summed E-state index contributed by atoms with van der Waals surface area (Å²) in [5.41, 5.74) is 0. The quantitative estimate of drug-likeness (QED) is 0.465. The molecule has 21 heavy (non-hydrogen) atoms. The number of phosphoric ester groups is 1. The fraction of sp³-hybridized carbons (Fsp3) is 1.00. The van der Waals surface area contributed by atoms with Crippen LogP contribution in [0.5, 0.6) is 0 Å². The third-order valence-corrected chi connectivity index (χ3v) is 6.50. The van der Waals surface area contributed by atoms with Crippen LogP contribution in [-0.2, 0) is 38.8 Å². The lowest BCUT2D eigenvalue weighted by molar-refractivity contribution is -0.246. The van der Waals surface area contributed by atoms with Crippen LogP contribution < -0.4 is 14.7 Å². The second kappa shape index (κ2) is 7.11. The Labute approximate surface area is 124 Å². The summed E-state index contributed by atoms with van der Waals surface area (Å²) in [4.78, 5) is 41.4. The molecule has 1 saturated heterocycles. The zero-order chi connectivity index (χ0) is 16.5. The summed E-state index contributed by atoms with van der Waals surface area (Å²) < 4.78 is 38.6. The van der Waals surface area contributed by atoms with Crippen molar-refractivity contribution >= 4 is 34.2 Å². The highest BCUT2D eigenvalue weighted by molar-refractivity contribution is 8.07. The molecule has 1 aliphatic rings. The van der Waals surface area contributed by atoms with E-state index < -0.39 is 41.2 Å². The molecule has 11 nitrogen and oxygen atoms in total. The number of ether oxygens (including phenoxy) is 1. The van der Waals surface area contributed by atoms with Crippen molar-refractivity contribution < 1.29 is 51.7 Å². The summed E-state index contributed by atoms with van der Waals surface area (Å²) in [5.74, 6) is 0. The van der Waals surface area contributed by atoms with E-state index in [2.05, 4.69) is 25.0 Å². The van der Waals surface area contributed by atoms with Gasteiger partial charge in [-0.3, -0.25) is 13.4 Å². The molecule has 4 unspecified atom stereocenters. The Morgan fingerprint density at radius 3 is 2.29 bits per heavy atom. The van der Waals surface area contributed by atoms with Gasteiger partial charge in [0.1, 0.15) is 12.8 Å². The Balaban J connectivity index is 2.56. The van der Waals surface area contributed by atoms with Crippen molar-refractivity contribution in [3.05, 3.63) is 0 Å². The second-order valence-electron chi connectivity index (χ2n) is 4.11. The van der Waals surface area contributed by atoms with Gasteiger partial charge in [-0.25, -0.2) is 4.31 Å². The zero-order valence-corrected chi connectivity index (χ0v) is 14.0. The van der Waals surface area contributed by atoms with Crippen molar-refractivity contribution in [3.8, 4) is 0 Å². The van der Waals surface area contributed by atoms with E-state index in [0.29, 0.717) is 0 Å². The van der Waals surface area contributed by atoms with Gasteiger partial charge in [-0.05, 0) is 6.92 Å². The van der Waals surface area contributed by atoms with Gasteiger partial charge in [0.15, 0.2) is 0 Å². The average Bonchev–Trinajstić information content (AvgIpc) is 2.48. The first-order chi connectivity index (χ1) is 9.30. The maximum absolute atomic E-state index is 11.3. The molecule has 1 rings (SSSR count). The third kappa shape index (κ3) is 7.71. The molecule has 6 atom stereocenters. The molecule has 0 aromatic carbocycles. The van der Waals surface area contributed by atoms with Gasteiger partial charge in [0.25, 0.3) is 15.6 Å². The number of rotatable bonds is 7. The number of hydrogen-bond donors (Lipinski definition) is 2. The van der Waals surface area contributed by atoms with Gasteiger partial charge in [0.2, 0.25) is 0 Å². The van der Waals surface area contributed by atoms with Crippen LogP contribution in [-0.4, -0.2) is 34.9 Å². The van der Waals surface area contributed by atoms with Gasteiger partial charge < -0.3 is 33.9 Å². The van der Waals surface area contributed by atoms with E-state index in [0.717, 1.165) is 0 Å². The Bertz CT molecular complexity index is 504. The van der Waals surface area contributed by atoms with E-state index in [1.165, 1.54) is 0 Å². The van der Waals surface area contributed by atoms with Crippen molar-refractivity contribution in [2.24, 2.45) is 0 Å². The van der Waals surface area contributed by atoms with Gasteiger partial charge >= 0.3 is 0 Å². The Kier molecular flexibility index (Phi) is 6.70. The summed E-state index contributed by atoms with van der Waals surface area (Å²) in [6.07, 6.45) is -2.04. The van der Waals surface area contributed by atoms with Crippen LogP contribution in [0.1, 0.15) is 13.3 Å². The SMILES string of the molecule is C[C@H]1CC(O)[C@@H](COP(=O)([O-])OP(=O)([O-])OP([O-])(O)=S)O1. The van der Waals surface area contributed by atoms with Gasteiger partial charge in [0, 0.05) is 6.42 Å². The largest absolute Gasteiger partial charge is 0.780 e. The zero-order valence-electron chi connectivity index (χ0n) is 10.5. The van der Waals surface area contributed by atoms with Gasteiger partial charge in [-0.1, -0.05) is 11.8 Å². The van der Waals surface area contributed by atoms with Crippen molar-refractivity contribution in [1.29, 1.82) is 0 Å². The van der Waals surface area contributed by atoms with Gasteiger partial charge in [-0.15, -0.1) is 0 Å². The number of phosphoric acid groups is 2. The van der Waals surface area contributed by atoms with Crippen LogP contribution in [0, 0.1) is 0 Å². The van der Waals surface area contributed by atoms with Gasteiger partial charge in [0.05, 0.1) is 18.8 Å². The minimum Gasteiger partial charge on any atom is -0.780 e. The van der Waals surface area contributed by atoms with Crippen LogP contribution in [0.3, 0.4) is 0 Å². The lowest BCUT2D eigenvalue weighted by atomic mass is 10.1. The first-order valence-corrected chi connectivity index (χ1v) is 10.9. The van der Waals surface area contributed by atoms with Crippen LogP contribution in [0.25, 0.3) is 0 Å². The summed E-state index contributed by atoms with van der Waals surface area (Å²) in [5, 5.41) is 9.48. The molecule has 0 aromatic heterocycles. The molecule has 0 bridgehead atoms. The standard InChI is InChI=1S/C6H15O11P3S/c1-4-2-5(7)6(15-4)3-14-18(8,9)16-19(10,11)17-20(12,13)21/h4-7H,2-3H2,1H3,(H,8,9)(H,10,11)(H2,12,13,21)/p-3/t4-,5?,6+/m0/s1. The van der Waals surface area contributed by atoms with E-state index in [1.807, 2.05) is 0 Å². The lowest BCUT2D eigenvalue weighted by Gasteiger charge is -2.34. The summed E-state index contributed by atoms with van der Waals surface area (Å²) in [6, 6.07) is 0. The van der Waals surface area contributed by atoms with Crippen LogP contribution in [0.2, 0.25) is 0 Å². The predicted molar refractivity (Wildman–Crippen MR) is 64.8 cm³/mol. The molecule has 1 aliphatic heterocycles. The normalized spacial score (nSPS) is 34.9. The number of hydrogen-bond acceptors (Lipinski definition) is 11. The van der Waals surface area contributed by atoms with E-state index in [9.17, 15) is 28.9 Å². The van der Waals surface area contributed by atoms with Crippen molar-refractivity contribution in [3.63, 3.8) is 0 Å². The first-order valence-electron chi connectivity index (χ1n) is 5.36. The highest BCUT2D eigenvalue weighted by atomic mass is 32.5. The second-order valence-corrected chi connectivity index (χ2v) is 9.79. The monoisotopic (exact) mass is 385 g/mol. The van der Waals surface area contributed by atoms with E-state index in [4.69, 9.17) is 9.63 Å². The maximum Gasteiger partial charge on any atom is 0.279 e. The molecular weight excluding hydrogens is 373 g/mol. The third-order valence-electron chi connectivity index (χ3n) is 2.21. The minimum absolute atomic E-state index is 0.255. The fourth-order valence-electron chi connectivity index (χ4n) is 1.54. The minimum atomic E-state index is -5.70. The van der Waals surface area contributed by atoms with E-state index in [-0.39, 0.29) is 12.5 Å². The molecule has 1 heterocycles. The number of aliphatic hydroxyl groups is 1. The first kappa shape index (κ1) is 19.8. The molecule has 0 aliphatic carbocycles. The van der Waals surface area contributed by atoms with Crippen LogP contribution >= 0.6 is 22.4 Å². The summed E-state index contributed by atoms with van der Waals surface area (Å²) >= 11 is 3.75. The molecule has 2 N–H and O–H groups in total. The number of aliphatic hydroxyl groups excluding tert-OH is 1. The topological polar surface area (TPSA) is 181 Å². The molecule has 0 spiro atoms. The van der Waals surface area contributed by atoms with Crippen LogP contribution in [0.15, 0.2) is 0 Å². The van der Waals surface area contributed by atoms with Gasteiger partial charge in [-0.2, -0.15) is 0 Å². The van der Waals surface area contributed by atoms with E-state index >= 15 is 0 Å². The average molecular weight is 385 g/mol. The summed E-state index contributed by atoms with van der Waals surface area (Å²) in [7, 11) is -11.1. The van der Waals surface area contributed by atoms with Crippen molar-refractivity contribution in [1.82, 2.24) is 0 Å². The predicted octanol–water partition coefficient (Wildman–Crippen LogP) is -1.91. The molecule has 126 valence electrons. The molecular formula is C6H12O11P3S-3. The van der Waals surface area contributed by atoms with Crippen LogP contribution in [0.4, 0.5) is 0 Å². The lowest BCUT2D eigenvalue weighted by Crippen LogP contribution is -2.27. The Morgan fingerprint density at radius 2 is 1.86 bits per heavy atom. The maximum atomic E-state index is 11.3. The fourth-order valence-corrected chi connectivity index (χ4v) is 5.17. The van der Waals surface area contributed by atoms with Crippen molar-refractivity contribution in [2.45, 2.75) is 31.7 Å². The molecule has 15 heteroatoms. The highest BCUT2D eigenvalue weighted by Gasteiger charge is 2.33. The molecule has 0 aromatic rings.